The van der Waals surface area contributed by atoms with Crippen LogP contribution in [0.25, 0.3) is 11.1 Å². The third kappa shape index (κ3) is 5.35. The molecule has 0 saturated carbocycles. The van der Waals surface area contributed by atoms with E-state index in [1.807, 2.05) is 30.3 Å². The average Bonchev–Trinajstić information content (AvgIpc) is 2.76. The summed E-state index contributed by atoms with van der Waals surface area (Å²) in [5.41, 5.74) is 2.58. The Labute approximate surface area is 175 Å². The highest BCUT2D eigenvalue weighted by Gasteiger charge is 2.12. The maximum atomic E-state index is 14.3. The Hall–Kier alpha value is -2.95. The van der Waals surface area contributed by atoms with Crippen molar-refractivity contribution in [2.24, 2.45) is 0 Å². The largest absolute Gasteiger partial charge is 0.491 e. The summed E-state index contributed by atoms with van der Waals surface area (Å²) in [5, 5.41) is 0. The van der Waals surface area contributed by atoms with Crippen LogP contribution in [-0.4, -0.2) is 6.61 Å². The molecule has 0 aliphatic heterocycles. The molecule has 0 unspecified atom stereocenters. The predicted octanol–water partition coefficient (Wildman–Crippen LogP) is 7.23. The first-order valence-electron chi connectivity index (χ1n) is 10.1. The first-order chi connectivity index (χ1) is 14.5. The van der Waals surface area contributed by atoms with Crippen LogP contribution in [0.5, 0.6) is 11.5 Å². The van der Waals surface area contributed by atoms with Gasteiger partial charge in [0.2, 0.25) is 5.82 Å². The van der Waals surface area contributed by atoms with Gasteiger partial charge in [-0.25, -0.2) is 8.78 Å². The van der Waals surface area contributed by atoms with Crippen LogP contribution in [0, 0.1) is 24.4 Å². The molecule has 3 aromatic carbocycles. The van der Waals surface area contributed by atoms with Crippen molar-refractivity contribution in [1.82, 2.24) is 0 Å². The minimum Gasteiger partial charge on any atom is -0.491 e. The Morgan fingerprint density at radius 1 is 0.733 bits per heavy atom. The quantitative estimate of drug-likeness (QED) is 0.344. The topological polar surface area (TPSA) is 18.5 Å². The maximum Gasteiger partial charge on any atom is 0.200 e. The van der Waals surface area contributed by atoms with Gasteiger partial charge in [0.05, 0.1) is 6.61 Å². The lowest BCUT2D eigenvalue weighted by Crippen LogP contribution is -2.00. The molecule has 0 aromatic heterocycles. The van der Waals surface area contributed by atoms with E-state index in [0.29, 0.717) is 6.61 Å². The molecule has 0 aliphatic rings. The van der Waals surface area contributed by atoms with Gasteiger partial charge in [0, 0.05) is 0 Å². The van der Waals surface area contributed by atoms with Gasteiger partial charge in [-0.15, -0.1) is 0 Å². The molecule has 30 heavy (non-hydrogen) atoms. The zero-order valence-corrected chi connectivity index (χ0v) is 17.2. The molecule has 0 amide bonds. The lowest BCUT2D eigenvalue weighted by Gasteiger charge is -2.11. The smallest absolute Gasteiger partial charge is 0.200 e. The number of hydrogen-bond donors (Lipinski definition) is 0. The summed E-state index contributed by atoms with van der Waals surface area (Å²) < 4.78 is 52.7. The van der Waals surface area contributed by atoms with E-state index in [2.05, 4.69) is 6.92 Å². The second kappa shape index (κ2) is 10.2. The van der Waals surface area contributed by atoms with Gasteiger partial charge in [0.15, 0.2) is 23.1 Å². The van der Waals surface area contributed by atoms with Gasteiger partial charge in [-0.2, -0.15) is 4.39 Å². The summed E-state index contributed by atoms with van der Waals surface area (Å²) in [5.74, 6) is -2.15. The zero-order chi connectivity index (χ0) is 21.5. The molecule has 0 radical (unpaired) electrons. The first kappa shape index (κ1) is 21.8. The van der Waals surface area contributed by atoms with Gasteiger partial charge in [-0.1, -0.05) is 56.2 Å². The van der Waals surface area contributed by atoms with Crippen LogP contribution >= 0.6 is 0 Å². The van der Waals surface area contributed by atoms with Gasteiger partial charge in [0.1, 0.15) is 6.61 Å². The Morgan fingerprint density at radius 2 is 1.43 bits per heavy atom. The monoisotopic (exact) mass is 414 g/mol. The highest BCUT2D eigenvalue weighted by Crippen LogP contribution is 2.27. The Kier molecular flexibility index (Phi) is 7.39. The van der Waals surface area contributed by atoms with Crippen molar-refractivity contribution in [3.8, 4) is 22.6 Å². The molecule has 3 aromatic rings. The molecule has 0 saturated heterocycles. The Bertz CT molecular complexity index is 984. The number of aryl methyl sites for hydroxylation is 1. The molecule has 0 fully saturated rings. The molecule has 0 bridgehead atoms. The summed E-state index contributed by atoms with van der Waals surface area (Å²) in [6.45, 7) is 4.20. The summed E-state index contributed by atoms with van der Waals surface area (Å²) in [6.07, 6.45) is 3.05. The number of ether oxygens (including phenoxy) is 2. The molecule has 0 aliphatic carbocycles. The second-order valence-electron chi connectivity index (χ2n) is 7.19. The van der Waals surface area contributed by atoms with Crippen molar-refractivity contribution in [1.29, 1.82) is 0 Å². The summed E-state index contributed by atoms with van der Waals surface area (Å²) in [7, 11) is 0. The Morgan fingerprint density at radius 3 is 2.13 bits per heavy atom. The standard InChI is InChI=1S/C25H25F3O2/c1-3-4-5-14-29-22-13-11-20(15-21(22)26)19-9-7-18(8-10-19)16-30-23-12-6-17(2)24(27)25(23)28/h6-13,15H,3-5,14,16H2,1-2H3. The molecule has 0 N–H and O–H groups in total. The van der Waals surface area contributed by atoms with E-state index in [9.17, 15) is 13.2 Å². The van der Waals surface area contributed by atoms with Crippen molar-refractivity contribution in [2.45, 2.75) is 39.7 Å². The minimum absolute atomic E-state index is 0.0958. The van der Waals surface area contributed by atoms with Gasteiger partial charge in [-0.3, -0.25) is 0 Å². The summed E-state index contributed by atoms with van der Waals surface area (Å²) >= 11 is 0. The van der Waals surface area contributed by atoms with Crippen LogP contribution in [-0.2, 0) is 6.61 Å². The fraction of sp³-hybridized carbons (Fsp3) is 0.280. The molecule has 2 nitrogen and oxygen atoms in total. The van der Waals surface area contributed by atoms with Crippen LogP contribution in [0.3, 0.4) is 0 Å². The molecule has 5 heteroatoms. The van der Waals surface area contributed by atoms with Crippen molar-refractivity contribution in [3.63, 3.8) is 0 Å². The predicted molar refractivity (Wildman–Crippen MR) is 112 cm³/mol. The van der Waals surface area contributed by atoms with Crippen molar-refractivity contribution < 1.29 is 22.6 Å². The van der Waals surface area contributed by atoms with E-state index >= 15 is 0 Å². The average molecular weight is 414 g/mol. The number of hydrogen-bond acceptors (Lipinski definition) is 2. The highest BCUT2D eigenvalue weighted by molar-refractivity contribution is 5.64. The van der Waals surface area contributed by atoms with Crippen LogP contribution in [0.4, 0.5) is 13.2 Å². The normalized spacial score (nSPS) is 10.8. The second-order valence-corrected chi connectivity index (χ2v) is 7.19. The van der Waals surface area contributed by atoms with Gasteiger partial charge >= 0.3 is 0 Å². The minimum atomic E-state index is -0.987. The number of rotatable bonds is 9. The fourth-order valence-corrected chi connectivity index (χ4v) is 3.03. The number of unbranched alkanes of at least 4 members (excludes halogenated alkanes) is 2. The third-order valence-electron chi connectivity index (χ3n) is 4.86. The third-order valence-corrected chi connectivity index (χ3v) is 4.86. The highest BCUT2D eigenvalue weighted by atomic mass is 19.2. The molecule has 0 spiro atoms. The summed E-state index contributed by atoms with van der Waals surface area (Å²) in [6, 6.07) is 15.1. The fourth-order valence-electron chi connectivity index (χ4n) is 3.03. The first-order valence-corrected chi connectivity index (χ1v) is 10.1. The van der Waals surface area contributed by atoms with E-state index in [4.69, 9.17) is 9.47 Å². The Balaban J connectivity index is 1.63. The van der Waals surface area contributed by atoms with Crippen molar-refractivity contribution in [3.05, 3.63) is 83.2 Å². The molecular weight excluding hydrogens is 389 g/mol. The van der Waals surface area contributed by atoms with E-state index in [1.54, 1.807) is 6.07 Å². The van der Waals surface area contributed by atoms with Crippen molar-refractivity contribution >= 4 is 0 Å². The van der Waals surface area contributed by atoms with E-state index in [0.717, 1.165) is 36.0 Å². The summed E-state index contributed by atoms with van der Waals surface area (Å²) in [4.78, 5) is 0. The van der Waals surface area contributed by atoms with Crippen molar-refractivity contribution in [2.75, 3.05) is 6.61 Å². The van der Waals surface area contributed by atoms with Gasteiger partial charge < -0.3 is 9.47 Å². The van der Waals surface area contributed by atoms with Crippen LogP contribution in [0.1, 0.15) is 37.3 Å². The molecular formula is C25H25F3O2. The molecule has 158 valence electrons. The SMILES string of the molecule is CCCCCOc1ccc(-c2ccc(COc3ccc(C)c(F)c3F)cc2)cc1F. The maximum absolute atomic E-state index is 14.3. The zero-order valence-electron chi connectivity index (χ0n) is 17.2. The lowest BCUT2D eigenvalue weighted by atomic mass is 10.0. The van der Waals surface area contributed by atoms with E-state index < -0.39 is 17.5 Å². The van der Waals surface area contributed by atoms with E-state index in [-0.39, 0.29) is 23.7 Å². The number of halogens is 3. The van der Waals surface area contributed by atoms with Crippen LogP contribution in [0.15, 0.2) is 54.6 Å². The molecule has 0 atom stereocenters. The van der Waals surface area contributed by atoms with Crippen LogP contribution < -0.4 is 9.47 Å². The molecule has 3 rings (SSSR count). The van der Waals surface area contributed by atoms with Gasteiger partial charge in [-0.05, 0) is 53.8 Å². The van der Waals surface area contributed by atoms with Gasteiger partial charge in [0.25, 0.3) is 0 Å². The lowest BCUT2D eigenvalue weighted by molar-refractivity contribution is 0.284. The number of benzene rings is 3. The van der Waals surface area contributed by atoms with Crippen LogP contribution in [0.2, 0.25) is 0 Å². The molecule has 0 heterocycles. The van der Waals surface area contributed by atoms with E-state index in [1.165, 1.54) is 25.1 Å².